The first kappa shape index (κ1) is 26.1. The lowest BCUT2D eigenvalue weighted by molar-refractivity contribution is -0.382. The first-order valence-electron chi connectivity index (χ1n) is 8.98. The van der Waals surface area contributed by atoms with Crippen molar-refractivity contribution in [3.63, 3.8) is 0 Å². The third kappa shape index (κ3) is 4.13. The van der Waals surface area contributed by atoms with Gasteiger partial charge in [0.05, 0.1) is 7.11 Å². The molecule has 0 N–H and O–H groups in total. The SMILES string of the molecule is CCC1=C(OS(=O)(=O)C(F)(F)C(F)(F)C(F)(F)C(F)(F)F)CCCc2cc(OC)ccc21. The summed E-state index contributed by atoms with van der Waals surface area (Å²) in [5.74, 6) is -15.0. The zero-order chi connectivity index (χ0) is 24.8. The van der Waals surface area contributed by atoms with Crippen LogP contribution in [0.5, 0.6) is 5.75 Å². The van der Waals surface area contributed by atoms with Gasteiger partial charge in [0, 0.05) is 6.42 Å². The lowest BCUT2D eigenvalue weighted by Gasteiger charge is -2.32. The zero-order valence-corrected chi connectivity index (χ0v) is 17.3. The van der Waals surface area contributed by atoms with Gasteiger partial charge in [-0.25, -0.2) is 0 Å². The topological polar surface area (TPSA) is 52.6 Å². The van der Waals surface area contributed by atoms with Crippen LogP contribution in [0.2, 0.25) is 0 Å². The van der Waals surface area contributed by atoms with Crippen LogP contribution < -0.4 is 4.74 Å². The van der Waals surface area contributed by atoms with Crippen molar-refractivity contribution in [2.75, 3.05) is 7.11 Å². The molecule has 0 atom stereocenters. The van der Waals surface area contributed by atoms with Crippen molar-refractivity contribution < 1.29 is 56.9 Å². The van der Waals surface area contributed by atoms with Crippen molar-refractivity contribution in [3.8, 4) is 5.75 Å². The maximum absolute atomic E-state index is 14.0. The van der Waals surface area contributed by atoms with Crippen LogP contribution in [0, 0.1) is 0 Å². The number of allylic oxidation sites excluding steroid dienone is 2. The monoisotopic (exact) mass is 500 g/mol. The quantitative estimate of drug-likeness (QED) is 0.344. The Hall–Kier alpha value is -2.12. The second-order valence-corrected chi connectivity index (χ2v) is 8.42. The molecule has 1 aromatic carbocycles. The summed E-state index contributed by atoms with van der Waals surface area (Å²) in [5.41, 5.74) is 0.884. The Labute approximate surface area is 177 Å². The molecular weight excluding hydrogens is 483 g/mol. The minimum absolute atomic E-state index is 0.00886. The van der Waals surface area contributed by atoms with Gasteiger partial charge in [0.2, 0.25) is 0 Å². The van der Waals surface area contributed by atoms with E-state index in [-0.39, 0.29) is 31.3 Å². The molecule has 0 heterocycles. The summed E-state index contributed by atoms with van der Waals surface area (Å²) in [6.07, 6.45) is -7.23. The Morgan fingerprint density at radius 3 is 2.03 bits per heavy atom. The van der Waals surface area contributed by atoms with Gasteiger partial charge in [0.15, 0.2) is 0 Å². The fraction of sp³-hybridized carbons (Fsp3) is 0.556. The predicted molar refractivity (Wildman–Crippen MR) is 94.0 cm³/mol. The van der Waals surface area contributed by atoms with Crippen molar-refractivity contribution in [1.82, 2.24) is 0 Å². The molecule has 1 aliphatic carbocycles. The molecule has 0 amide bonds. The summed E-state index contributed by atoms with van der Waals surface area (Å²) in [5, 5.41) is -6.90. The molecule has 32 heavy (non-hydrogen) atoms. The van der Waals surface area contributed by atoms with E-state index >= 15 is 0 Å². The van der Waals surface area contributed by atoms with E-state index in [1.807, 2.05) is 0 Å². The van der Waals surface area contributed by atoms with Gasteiger partial charge in [-0.15, -0.1) is 0 Å². The summed E-state index contributed by atoms with van der Waals surface area (Å²) in [6, 6.07) is 4.44. The Morgan fingerprint density at radius 1 is 0.938 bits per heavy atom. The molecule has 2 rings (SSSR count). The average Bonchev–Trinajstić information content (AvgIpc) is 2.84. The molecule has 1 aliphatic rings. The largest absolute Gasteiger partial charge is 0.497 e. The number of alkyl halides is 9. The smallest absolute Gasteiger partial charge is 0.460 e. The summed E-state index contributed by atoms with van der Waals surface area (Å²) in [4.78, 5) is 0. The summed E-state index contributed by atoms with van der Waals surface area (Å²) in [6.45, 7) is 1.45. The van der Waals surface area contributed by atoms with Crippen molar-refractivity contribution in [3.05, 3.63) is 35.1 Å². The number of ether oxygens (including phenoxy) is 1. The highest BCUT2D eigenvalue weighted by Gasteiger charge is 2.86. The Balaban J connectivity index is 2.56. The van der Waals surface area contributed by atoms with Crippen molar-refractivity contribution in [2.24, 2.45) is 0 Å². The predicted octanol–water partition coefficient (Wildman–Crippen LogP) is 5.92. The Morgan fingerprint density at radius 2 is 1.53 bits per heavy atom. The van der Waals surface area contributed by atoms with E-state index in [0.29, 0.717) is 16.9 Å². The van der Waals surface area contributed by atoms with Crippen LogP contribution in [0.1, 0.15) is 37.3 Å². The average molecular weight is 500 g/mol. The maximum Gasteiger partial charge on any atom is 0.460 e. The fourth-order valence-electron chi connectivity index (χ4n) is 3.12. The molecule has 0 aliphatic heterocycles. The van der Waals surface area contributed by atoms with Gasteiger partial charge in [0.25, 0.3) is 0 Å². The molecule has 0 fully saturated rings. The molecule has 0 aromatic heterocycles. The molecule has 0 radical (unpaired) electrons. The number of rotatable bonds is 7. The summed E-state index contributed by atoms with van der Waals surface area (Å²) in [7, 11) is -5.61. The van der Waals surface area contributed by atoms with Crippen LogP contribution >= 0.6 is 0 Å². The van der Waals surface area contributed by atoms with Gasteiger partial charge >= 0.3 is 33.4 Å². The second-order valence-electron chi connectivity index (χ2n) is 6.83. The lowest BCUT2D eigenvalue weighted by atomic mass is 9.97. The van der Waals surface area contributed by atoms with E-state index in [9.17, 15) is 47.9 Å². The van der Waals surface area contributed by atoms with E-state index in [2.05, 4.69) is 4.18 Å². The second kappa shape index (κ2) is 8.34. The fourth-order valence-corrected chi connectivity index (χ4v) is 4.12. The molecule has 182 valence electrons. The number of hydrogen-bond donors (Lipinski definition) is 0. The molecule has 14 heteroatoms. The minimum Gasteiger partial charge on any atom is -0.497 e. The van der Waals surface area contributed by atoms with E-state index in [0.717, 1.165) is 0 Å². The summed E-state index contributed by atoms with van der Waals surface area (Å²) >= 11 is 0. The highest BCUT2D eigenvalue weighted by atomic mass is 32.2. The zero-order valence-electron chi connectivity index (χ0n) is 16.5. The van der Waals surface area contributed by atoms with Crippen molar-refractivity contribution in [1.29, 1.82) is 0 Å². The van der Waals surface area contributed by atoms with Crippen molar-refractivity contribution >= 4 is 15.7 Å². The normalized spacial score (nSPS) is 16.5. The van der Waals surface area contributed by atoms with Crippen LogP contribution in [0.4, 0.5) is 39.5 Å². The van der Waals surface area contributed by atoms with E-state index in [1.54, 1.807) is 6.07 Å². The Kier molecular flexibility index (Phi) is 6.81. The number of halogens is 9. The molecule has 4 nitrogen and oxygen atoms in total. The van der Waals surface area contributed by atoms with Crippen LogP contribution in [0.15, 0.2) is 24.0 Å². The van der Waals surface area contributed by atoms with Gasteiger partial charge in [-0.2, -0.15) is 47.9 Å². The van der Waals surface area contributed by atoms with Crippen LogP contribution in [0.25, 0.3) is 5.57 Å². The summed E-state index contributed by atoms with van der Waals surface area (Å²) < 4.78 is 151. The highest BCUT2D eigenvalue weighted by molar-refractivity contribution is 7.88. The number of benzene rings is 1. The van der Waals surface area contributed by atoms with E-state index < -0.39 is 39.2 Å². The van der Waals surface area contributed by atoms with E-state index in [4.69, 9.17) is 4.74 Å². The minimum atomic E-state index is -7.35. The van der Waals surface area contributed by atoms with Crippen molar-refractivity contribution in [2.45, 2.75) is 55.9 Å². The number of methoxy groups -OCH3 is 1. The lowest BCUT2D eigenvalue weighted by Crippen LogP contribution is -2.63. The highest BCUT2D eigenvalue weighted by Crippen LogP contribution is 2.55. The molecular formula is C18H17F9O4S. The maximum atomic E-state index is 14.0. The molecule has 0 bridgehead atoms. The third-order valence-electron chi connectivity index (χ3n) is 4.82. The Bertz CT molecular complexity index is 998. The van der Waals surface area contributed by atoms with Crippen LogP contribution in [0.3, 0.4) is 0 Å². The van der Waals surface area contributed by atoms with Gasteiger partial charge in [-0.1, -0.05) is 13.0 Å². The number of hydrogen-bond acceptors (Lipinski definition) is 4. The van der Waals surface area contributed by atoms with Gasteiger partial charge in [-0.05, 0) is 48.1 Å². The third-order valence-corrected chi connectivity index (χ3v) is 6.12. The molecule has 0 unspecified atom stereocenters. The van der Waals surface area contributed by atoms with E-state index in [1.165, 1.54) is 26.2 Å². The standard InChI is InChI=1S/C18H17F9O4S/c1-3-12-13-8-7-11(30-2)9-10(13)5-4-6-14(12)31-32(28,29)18(26,27)16(21,22)15(19,20)17(23,24)25/h7-9H,3-6H2,1-2H3. The molecule has 1 aromatic rings. The van der Waals surface area contributed by atoms with Gasteiger partial charge in [0.1, 0.15) is 11.5 Å². The molecule has 0 saturated heterocycles. The van der Waals surface area contributed by atoms with Gasteiger partial charge in [-0.3, -0.25) is 0 Å². The first-order valence-corrected chi connectivity index (χ1v) is 10.4. The number of aryl methyl sites for hydroxylation is 1. The van der Waals surface area contributed by atoms with Crippen LogP contribution in [-0.2, 0) is 20.7 Å². The molecule has 0 saturated carbocycles. The molecule has 0 spiro atoms. The van der Waals surface area contributed by atoms with Crippen LogP contribution in [-0.4, -0.2) is 38.8 Å². The van der Waals surface area contributed by atoms with Gasteiger partial charge < -0.3 is 8.92 Å². The first-order chi connectivity index (χ1) is 14.4. The number of fused-ring (bicyclic) bond motifs is 1.